The fourth-order valence-corrected chi connectivity index (χ4v) is 4.19. The van der Waals surface area contributed by atoms with E-state index in [-0.39, 0.29) is 23.7 Å². The van der Waals surface area contributed by atoms with E-state index in [0.29, 0.717) is 5.92 Å². The number of piperidine rings is 1. The van der Waals surface area contributed by atoms with Gasteiger partial charge < -0.3 is 9.72 Å². The minimum absolute atomic E-state index is 0.0978. The molecule has 1 aromatic heterocycles. The van der Waals surface area contributed by atoms with Crippen molar-refractivity contribution < 1.29 is 19.2 Å². The van der Waals surface area contributed by atoms with Crippen molar-refractivity contribution in [2.75, 3.05) is 26.7 Å². The van der Waals surface area contributed by atoms with E-state index in [1.165, 1.54) is 23.8 Å². The van der Waals surface area contributed by atoms with Crippen LogP contribution in [0.2, 0.25) is 0 Å². The minimum Gasteiger partial charge on any atom is -0.497 e. The van der Waals surface area contributed by atoms with Crippen molar-refractivity contribution in [3.63, 3.8) is 0 Å². The van der Waals surface area contributed by atoms with Crippen molar-refractivity contribution >= 4 is 28.4 Å². The molecule has 1 saturated heterocycles. The molecule has 0 spiro atoms. The van der Waals surface area contributed by atoms with Crippen molar-refractivity contribution in [2.45, 2.75) is 18.8 Å². The van der Waals surface area contributed by atoms with Crippen molar-refractivity contribution in [3.8, 4) is 5.75 Å². The molecular formula is C23H25N5O5. The number of nitrogens with one attached hydrogen (secondary N) is 3. The molecule has 0 radical (unpaired) electrons. The van der Waals surface area contributed by atoms with Gasteiger partial charge in [0.05, 0.1) is 18.6 Å². The molecule has 10 heteroatoms. The van der Waals surface area contributed by atoms with Crippen molar-refractivity contribution in [2.24, 2.45) is 0 Å². The molecule has 172 valence electrons. The number of benzene rings is 2. The van der Waals surface area contributed by atoms with Crippen LogP contribution in [0.25, 0.3) is 10.9 Å². The van der Waals surface area contributed by atoms with Gasteiger partial charge in [0.1, 0.15) is 5.75 Å². The molecule has 1 fully saturated rings. The molecule has 0 aliphatic carbocycles. The summed E-state index contributed by atoms with van der Waals surface area (Å²) in [4.78, 5) is 40.1. The van der Waals surface area contributed by atoms with E-state index >= 15 is 0 Å². The molecule has 3 aromatic rings. The molecule has 0 bridgehead atoms. The average Bonchev–Trinajstić information content (AvgIpc) is 3.26. The molecule has 1 aliphatic rings. The molecule has 2 heterocycles. The number of amides is 2. The zero-order chi connectivity index (χ0) is 23.4. The zero-order valence-electron chi connectivity index (χ0n) is 18.2. The summed E-state index contributed by atoms with van der Waals surface area (Å²) in [5.41, 5.74) is 6.94. The van der Waals surface area contributed by atoms with Crippen LogP contribution in [0.1, 0.15) is 34.7 Å². The van der Waals surface area contributed by atoms with Crippen LogP contribution in [-0.2, 0) is 4.79 Å². The highest BCUT2D eigenvalue weighted by molar-refractivity contribution is 5.96. The highest BCUT2D eigenvalue weighted by Crippen LogP contribution is 2.34. The van der Waals surface area contributed by atoms with E-state index < -0.39 is 10.8 Å². The summed E-state index contributed by atoms with van der Waals surface area (Å²) in [5, 5.41) is 12.0. The summed E-state index contributed by atoms with van der Waals surface area (Å²) in [5.74, 6) is 0.257. The largest absolute Gasteiger partial charge is 0.497 e. The number of nitro benzene ring substituents is 1. The van der Waals surface area contributed by atoms with Crippen LogP contribution < -0.4 is 15.6 Å². The molecular weight excluding hydrogens is 426 g/mol. The minimum atomic E-state index is -0.611. The van der Waals surface area contributed by atoms with Gasteiger partial charge in [0.25, 0.3) is 17.5 Å². The van der Waals surface area contributed by atoms with E-state index in [4.69, 9.17) is 4.74 Å². The Balaban J connectivity index is 1.27. The molecule has 2 amide bonds. The highest BCUT2D eigenvalue weighted by Gasteiger charge is 2.24. The predicted octanol–water partition coefficient (Wildman–Crippen LogP) is 2.73. The summed E-state index contributed by atoms with van der Waals surface area (Å²) in [6.45, 7) is 1.67. The number of H-pyrrole nitrogens is 1. The molecule has 10 nitrogen and oxygen atoms in total. The second kappa shape index (κ2) is 9.70. The number of aromatic amines is 1. The van der Waals surface area contributed by atoms with Gasteiger partial charge in [0.15, 0.2) is 0 Å². The van der Waals surface area contributed by atoms with Crippen molar-refractivity contribution in [1.82, 2.24) is 20.7 Å². The van der Waals surface area contributed by atoms with Crippen LogP contribution in [0.15, 0.2) is 48.7 Å². The van der Waals surface area contributed by atoms with E-state index in [0.717, 1.165) is 48.6 Å². The number of likely N-dealkylation sites (tertiary alicyclic amines) is 1. The van der Waals surface area contributed by atoms with Gasteiger partial charge >= 0.3 is 0 Å². The summed E-state index contributed by atoms with van der Waals surface area (Å²) >= 11 is 0. The first-order chi connectivity index (χ1) is 15.9. The van der Waals surface area contributed by atoms with Crippen molar-refractivity contribution in [1.29, 1.82) is 0 Å². The number of methoxy groups -OCH3 is 1. The summed E-state index contributed by atoms with van der Waals surface area (Å²) in [6, 6.07) is 11.3. The third-order valence-electron chi connectivity index (χ3n) is 5.95. The van der Waals surface area contributed by atoms with Crippen LogP contribution in [0.3, 0.4) is 0 Å². The number of aromatic nitrogens is 1. The zero-order valence-corrected chi connectivity index (χ0v) is 18.2. The van der Waals surface area contributed by atoms with Crippen LogP contribution in [0.4, 0.5) is 5.69 Å². The molecule has 0 saturated carbocycles. The third-order valence-corrected chi connectivity index (χ3v) is 5.95. The second-order valence-corrected chi connectivity index (χ2v) is 8.02. The van der Waals surface area contributed by atoms with Gasteiger partial charge in [-0.2, -0.15) is 0 Å². The number of carbonyl (C=O) groups excluding carboxylic acids is 2. The van der Waals surface area contributed by atoms with Gasteiger partial charge in [-0.25, -0.2) is 0 Å². The Morgan fingerprint density at radius 1 is 1.18 bits per heavy atom. The predicted molar refractivity (Wildman–Crippen MR) is 122 cm³/mol. The molecule has 1 aliphatic heterocycles. The van der Waals surface area contributed by atoms with Crippen LogP contribution in [-0.4, -0.2) is 53.4 Å². The van der Waals surface area contributed by atoms with Gasteiger partial charge in [-0.15, -0.1) is 0 Å². The number of hydrogen-bond donors (Lipinski definition) is 3. The van der Waals surface area contributed by atoms with Gasteiger partial charge in [0, 0.05) is 34.8 Å². The van der Waals surface area contributed by atoms with Crippen LogP contribution in [0, 0.1) is 10.1 Å². The van der Waals surface area contributed by atoms with Crippen LogP contribution >= 0.6 is 0 Å². The number of hydrazine groups is 1. The van der Waals surface area contributed by atoms with E-state index in [1.54, 1.807) is 7.11 Å². The molecule has 4 rings (SSSR count). The Hall–Kier alpha value is -3.92. The Kier molecular flexibility index (Phi) is 6.55. The normalized spacial score (nSPS) is 14.7. The smallest absolute Gasteiger partial charge is 0.270 e. The molecule has 0 atom stereocenters. The van der Waals surface area contributed by atoms with E-state index in [2.05, 4.69) is 22.0 Å². The Labute approximate surface area is 190 Å². The van der Waals surface area contributed by atoms with E-state index in [9.17, 15) is 19.7 Å². The monoisotopic (exact) mass is 451 g/mol. The van der Waals surface area contributed by atoms with Crippen LogP contribution in [0.5, 0.6) is 5.75 Å². The number of ether oxygens (including phenoxy) is 1. The quantitative estimate of drug-likeness (QED) is 0.390. The topological polar surface area (TPSA) is 130 Å². The number of rotatable bonds is 6. The lowest BCUT2D eigenvalue weighted by molar-refractivity contribution is -0.384. The van der Waals surface area contributed by atoms with Crippen molar-refractivity contribution in [3.05, 3.63) is 69.9 Å². The summed E-state index contributed by atoms with van der Waals surface area (Å²) < 4.78 is 5.35. The average molecular weight is 451 g/mol. The number of hydrogen-bond acceptors (Lipinski definition) is 6. The fourth-order valence-electron chi connectivity index (χ4n) is 4.19. The standard InChI is InChI=1S/C23H25N5O5/c1-33-18-5-6-21-19(12-18)20(13-24-21)15-7-9-27(10-8-15)14-22(29)25-26-23(30)16-3-2-4-17(11-16)28(31)32/h2-6,11-13,15,24H,7-10,14H2,1H3,(H,25,29)(H,26,30). The number of non-ortho nitro benzene ring substituents is 1. The Morgan fingerprint density at radius 3 is 2.70 bits per heavy atom. The first-order valence-electron chi connectivity index (χ1n) is 10.7. The maximum atomic E-state index is 12.3. The number of fused-ring (bicyclic) bond motifs is 1. The van der Waals surface area contributed by atoms with Gasteiger partial charge in [-0.05, 0) is 61.7 Å². The lowest BCUT2D eigenvalue weighted by Crippen LogP contribution is -2.47. The van der Waals surface area contributed by atoms with Gasteiger partial charge in [0.2, 0.25) is 0 Å². The third kappa shape index (κ3) is 5.12. The molecule has 33 heavy (non-hydrogen) atoms. The maximum absolute atomic E-state index is 12.3. The summed E-state index contributed by atoms with van der Waals surface area (Å²) in [7, 11) is 1.66. The molecule has 3 N–H and O–H groups in total. The lowest BCUT2D eigenvalue weighted by Gasteiger charge is -2.31. The molecule has 2 aromatic carbocycles. The number of carbonyl (C=O) groups is 2. The van der Waals surface area contributed by atoms with Gasteiger partial charge in [-0.1, -0.05) is 6.07 Å². The fraction of sp³-hybridized carbons (Fsp3) is 0.304. The first kappa shape index (κ1) is 22.3. The first-order valence-corrected chi connectivity index (χ1v) is 10.7. The Bertz CT molecular complexity index is 1180. The van der Waals surface area contributed by atoms with Gasteiger partial charge in [-0.3, -0.25) is 35.5 Å². The number of nitro groups is 1. The SMILES string of the molecule is COc1ccc2[nH]cc(C3CCN(CC(=O)NNC(=O)c4cccc([N+](=O)[O-])c4)CC3)c2c1. The Morgan fingerprint density at radius 2 is 1.97 bits per heavy atom. The summed E-state index contributed by atoms with van der Waals surface area (Å²) in [6.07, 6.45) is 3.88. The van der Waals surface area contributed by atoms with E-state index in [1.807, 2.05) is 23.1 Å². The number of nitrogens with zero attached hydrogens (tertiary/aromatic N) is 2. The highest BCUT2D eigenvalue weighted by atomic mass is 16.6. The second-order valence-electron chi connectivity index (χ2n) is 8.02. The maximum Gasteiger partial charge on any atom is 0.270 e. The lowest BCUT2D eigenvalue weighted by atomic mass is 9.89. The molecule has 0 unspecified atom stereocenters.